The van der Waals surface area contributed by atoms with Gasteiger partial charge in [-0.3, -0.25) is 4.79 Å². The molecule has 0 aromatic rings. The smallest absolute Gasteiger partial charge is 0.188 e. The minimum atomic E-state index is 0.447. The summed E-state index contributed by atoms with van der Waals surface area (Å²) in [7, 11) is 0. The van der Waals surface area contributed by atoms with Crippen LogP contribution < -0.4 is 0 Å². The molecule has 0 aliphatic heterocycles. The molecule has 1 nitrogen and oxygen atoms in total. The van der Waals surface area contributed by atoms with Gasteiger partial charge in [-0.25, -0.2) is 0 Å². The lowest BCUT2D eigenvalue weighted by molar-refractivity contribution is -0.111. The highest BCUT2D eigenvalue weighted by molar-refractivity contribution is 8.13. The van der Waals surface area contributed by atoms with Gasteiger partial charge >= 0.3 is 0 Å². The van der Waals surface area contributed by atoms with Crippen LogP contribution in [0, 0.1) is 0 Å². The van der Waals surface area contributed by atoms with Crippen LogP contribution in [0.25, 0.3) is 0 Å². The van der Waals surface area contributed by atoms with Crippen molar-refractivity contribution in [3.05, 3.63) is 0 Å². The fourth-order valence-electron chi connectivity index (χ4n) is 6.08. The number of rotatable bonds is 36. The minimum Gasteiger partial charge on any atom is -0.287 e. The van der Waals surface area contributed by atoms with E-state index in [2.05, 4.69) is 13.8 Å². The van der Waals surface area contributed by atoms with Crippen LogP contribution in [0.5, 0.6) is 0 Å². The molecule has 0 aromatic carbocycles. The molecule has 0 N–H and O–H groups in total. The van der Waals surface area contributed by atoms with Crippen molar-refractivity contribution in [3.63, 3.8) is 0 Å². The van der Waals surface area contributed by atoms with Crippen molar-refractivity contribution in [1.82, 2.24) is 0 Å². The number of hydrogen-bond donors (Lipinski definition) is 0. The second-order valence-corrected chi connectivity index (χ2v) is 14.4. The van der Waals surface area contributed by atoms with Crippen molar-refractivity contribution < 1.29 is 4.79 Å². The number of carbonyl (C=O) groups is 1. The van der Waals surface area contributed by atoms with Crippen molar-refractivity contribution in [2.75, 3.05) is 5.75 Å². The van der Waals surface area contributed by atoms with Crippen LogP contribution in [0.4, 0.5) is 0 Å². The molecule has 0 saturated carbocycles. The first-order valence-corrected chi connectivity index (χ1v) is 20.5. The summed E-state index contributed by atoms with van der Waals surface area (Å²) >= 11 is 1.61. The molecule has 0 aliphatic carbocycles. The van der Waals surface area contributed by atoms with Crippen LogP contribution in [-0.2, 0) is 4.79 Å². The molecule has 246 valence electrons. The van der Waals surface area contributed by atoms with Gasteiger partial charge in [0.25, 0.3) is 0 Å². The molecule has 0 saturated heterocycles. The summed E-state index contributed by atoms with van der Waals surface area (Å²) in [5.74, 6) is 1.05. The van der Waals surface area contributed by atoms with E-state index in [1.54, 1.807) is 11.8 Å². The standard InChI is InChI=1S/C39H78OS/c1-3-5-7-9-11-13-15-17-19-21-22-23-25-27-29-31-33-35-37-39(40)41-38-36-34-32-30-28-26-24-20-18-16-14-12-10-8-6-4-2/h3-38H2,1-2H3. The Morgan fingerprint density at radius 1 is 0.317 bits per heavy atom. The zero-order chi connectivity index (χ0) is 29.7. The maximum absolute atomic E-state index is 12.1. The Kier molecular flexibility index (Phi) is 38.1. The molecule has 0 radical (unpaired) electrons. The van der Waals surface area contributed by atoms with E-state index in [0.717, 1.165) is 18.6 Å². The first-order valence-electron chi connectivity index (χ1n) is 19.5. The van der Waals surface area contributed by atoms with Gasteiger partial charge in [0, 0.05) is 12.2 Å². The maximum atomic E-state index is 12.1. The Morgan fingerprint density at radius 3 is 0.805 bits per heavy atom. The molecule has 0 bridgehead atoms. The Morgan fingerprint density at radius 2 is 0.537 bits per heavy atom. The lowest BCUT2D eigenvalue weighted by Crippen LogP contribution is -1.94. The molecule has 2 heteroatoms. The Labute approximate surface area is 265 Å². The van der Waals surface area contributed by atoms with Crippen molar-refractivity contribution >= 4 is 16.9 Å². The van der Waals surface area contributed by atoms with Gasteiger partial charge in [-0.15, -0.1) is 0 Å². The lowest BCUT2D eigenvalue weighted by atomic mass is 10.0. The molecule has 0 spiro atoms. The van der Waals surface area contributed by atoms with Gasteiger partial charge in [-0.05, 0) is 12.8 Å². The predicted octanol–water partition coefficient (Wildman–Crippen LogP) is 14.9. The molecule has 0 rings (SSSR count). The SMILES string of the molecule is CCCCCCCCCCCCCCCCCCCCC(=O)SCCCCCCCCCCCCCCCCCC. The van der Waals surface area contributed by atoms with Gasteiger partial charge in [-0.2, -0.15) is 0 Å². The Bertz CT molecular complexity index is 476. The zero-order valence-corrected chi connectivity index (χ0v) is 29.6. The third-order valence-electron chi connectivity index (χ3n) is 9.00. The third kappa shape index (κ3) is 38.0. The number of carbonyl (C=O) groups excluding carboxylic acids is 1. The second kappa shape index (κ2) is 38.0. The van der Waals surface area contributed by atoms with Crippen LogP contribution in [0.15, 0.2) is 0 Å². The van der Waals surface area contributed by atoms with E-state index in [9.17, 15) is 4.79 Å². The predicted molar refractivity (Wildman–Crippen MR) is 190 cm³/mol. The second-order valence-electron chi connectivity index (χ2n) is 13.3. The van der Waals surface area contributed by atoms with E-state index in [0.29, 0.717) is 5.12 Å². The molecular formula is C39H78OS. The van der Waals surface area contributed by atoms with Crippen LogP contribution in [0.3, 0.4) is 0 Å². The summed E-state index contributed by atoms with van der Waals surface area (Å²) in [6.45, 7) is 4.60. The number of unbranched alkanes of at least 4 members (excludes halogenated alkanes) is 32. The van der Waals surface area contributed by atoms with E-state index >= 15 is 0 Å². The number of hydrogen-bond acceptors (Lipinski definition) is 2. The van der Waals surface area contributed by atoms with Crippen molar-refractivity contribution in [2.45, 2.75) is 239 Å². The summed E-state index contributed by atoms with van der Waals surface area (Å²) in [5, 5.41) is 0.447. The van der Waals surface area contributed by atoms with Crippen molar-refractivity contribution in [2.24, 2.45) is 0 Å². The van der Waals surface area contributed by atoms with E-state index < -0.39 is 0 Å². The van der Waals surface area contributed by atoms with Crippen molar-refractivity contribution in [3.8, 4) is 0 Å². The lowest BCUT2D eigenvalue weighted by Gasteiger charge is -2.04. The molecule has 0 amide bonds. The Balaban J connectivity index is 3.14. The quantitative estimate of drug-likeness (QED) is 0.0671. The van der Waals surface area contributed by atoms with Crippen LogP contribution in [0.2, 0.25) is 0 Å². The van der Waals surface area contributed by atoms with Crippen LogP contribution in [-0.4, -0.2) is 10.9 Å². The monoisotopic (exact) mass is 595 g/mol. The molecular weight excluding hydrogens is 516 g/mol. The highest BCUT2D eigenvalue weighted by Gasteiger charge is 2.03. The molecule has 0 aliphatic rings. The number of thioether (sulfide) groups is 1. The normalized spacial score (nSPS) is 11.5. The van der Waals surface area contributed by atoms with Gasteiger partial charge in [-0.1, -0.05) is 231 Å². The average molecular weight is 595 g/mol. The molecule has 41 heavy (non-hydrogen) atoms. The highest BCUT2D eigenvalue weighted by Crippen LogP contribution is 2.18. The first kappa shape index (κ1) is 41.0. The summed E-state index contributed by atoms with van der Waals surface area (Å²) in [6, 6.07) is 0. The van der Waals surface area contributed by atoms with Gasteiger partial charge in [0.05, 0.1) is 0 Å². The topological polar surface area (TPSA) is 17.1 Å². The van der Waals surface area contributed by atoms with E-state index in [1.807, 2.05) is 0 Å². The molecule has 0 aromatic heterocycles. The highest BCUT2D eigenvalue weighted by atomic mass is 32.2. The van der Waals surface area contributed by atoms with Gasteiger partial charge < -0.3 is 0 Å². The van der Waals surface area contributed by atoms with E-state index in [4.69, 9.17) is 0 Å². The molecule has 0 heterocycles. The van der Waals surface area contributed by atoms with Gasteiger partial charge in [0.2, 0.25) is 0 Å². The molecule has 0 fully saturated rings. The zero-order valence-electron chi connectivity index (χ0n) is 28.8. The summed E-state index contributed by atoms with van der Waals surface area (Å²) < 4.78 is 0. The van der Waals surface area contributed by atoms with Crippen molar-refractivity contribution in [1.29, 1.82) is 0 Å². The average Bonchev–Trinajstić information content (AvgIpc) is 2.98. The fourth-order valence-corrected chi connectivity index (χ4v) is 6.94. The Hall–Kier alpha value is 0.0200. The van der Waals surface area contributed by atoms with E-state index in [1.165, 1.54) is 212 Å². The summed E-state index contributed by atoms with van der Waals surface area (Å²) in [5.41, 5.74) is 0. The maximum Gasteiger partial charge on any atom is 0.188 e. The summed E-state index contributed by atoms with van der Waals surface area (Å²) in [4.78, 5) is 12.1. The molecule has 0 unspecified atom stereocenters. The third-order valence-corrected chi connectivity index (χ3v) is 10.0. The van der Waals surface area contributed by atoms with E-state index in [-0.39, 0.29) is 0 Å². The largest absolute Gasteiger partial charge is 0.287 e. The van der Waals surface area contributed by atoms with Gasteiger partial charge in [0.15, 0.2) is 5.12 Å². The summed E-state index contributed by atoms with van der Waals surface area (Å²) in [6.07, 6.45) is 48.7. The molecule has 0 atom stereocenters. The fraction of sp³-hybridized carbons (Fsp3) is 0.974. The minimum absolute atomic E-state index is 0.447. The first-order chi connectivity index (χ1) is 20.3. The van der Waals surface area contributed by atoms with Gasteiger partial charge in [0.1, 0.15) is 0 Å². The van der Waals surface area contributed by atoms with Crippen LogP contribution in [0.1, 0.15) is 239 Å². The van der Waals surface area contributed by atoms with Crippen LogP contribution >= 0.6 is 11.8 Å².